The van der Waals surface area contributed by atoms with Crippen LogP contribution < -0.4 is 10.6 Å². The Morgan fingerprint density at radius 1 is 1.44 bits per heavy atom. The second-order valence-electron chi connectivity index (χ2n) is 5.22. The van der Waals surface area contributed by atoms with E-state index in [-0.39, 0.29) is 5.97 Å². The van der Waals surface area contributed by atoms with Crippen LogP contribution in [0.2, 0.25) is 0 Å². The van der Waals surface area contributed by atoms with Crippen molar-refractivity contribution < 1.29 is 9.53 Å². The summed E-state index contributed by atoms with van der Waals surface area (Å²) in [5.74, 6) is 0.440. The number of ether oxygens (including phenoxy) is 1. The number of methoxy groups -OCH3 is 1. The Morgan fingerprint density at radius 2 is 2.28 bits per heavy atom. The molecule has 2 fully saturated rings. The summed E-state index contributed by atoms with van der Waals surface area (Å²) in [5, 5.41) is 0. The molecule has 1 heterocycles. The number of nitrogens with zero attached hydrogens (tertiary/aromatic N) is 1. The molecule has 4 heteroatoms. The van der Waals surface area contributed by atoms with Crippen LogP contribution in [0.3, 0.4) is 0 Å². The number of esters is 1. The predicted molar refractivity (Wildman–Crippen MR) is 70.7 cm³/mol. The van der Waals surface area contributed by atoms with E-state index in [9.17, 15) is 4.79 Å². The summed E-state index contributed by atoms with van der Waals surface area (Å²) in [7, 11) is 1.38. The quantitative estimate of drug-likeness (QED) is 0.641. The van der Waals surface area contributed by atoms with Gasteiger partial charge in [0.2, 0.25) is 0 Å². The van der Waals surface area contributed by atoms with Crippen LogP contribution in [-0.2, 0) is 4.74 Å². The first-order valence-electron chi connectivity index (χ1n) is 6.44. The zero-order chi connectivity index (χ0) is 12.7. The maximum atomic E-state index is 11.6. The van der Waals surface area contributed by atoms with Crippen LogP contribution in [-0.4, -0.2) is 25.7 Å². The molecule has 1 saturated heterocycles. The highest BCUT2D eigenvalue weighted by Crippen LogP contribution is 2.42. The average molecular weight is 246 g/mol. The van der Waals surface area contributed by atoms with Gasteiger partial charge in [-0.15, -0.1) is 0 Å². The van der Waals surface area contributed by atoms with Crippen molar-refractivity contribution in [1.29, 1.82) is 0 Å². The van der Waals surface area contributed by atoms with Gasteiger partial charge in [0.15, 0.2) is 0 Å². The molecule has 2 unspecified atom stereocenters. The third kappa shape index (κ3) is 1.64. The fraction of sp³-hybridized carbons (Fsp3) is 0.500. The summed E-state index contributed by atoms with van der Waals surface area (Å²) in [4.78, 5) is 14.0. The van der Waals surface area contributed by atoms with E-state index in [1.807, 2.05) is 12.1 Å². The van der Waals surface area contributed by atoms with Gasteiger partial charge in [-0.05, 0) is 37.3 Å². The van der Waals surface area contributed by atoms with Gasteiger partial charge < -0.3 is 15.4 Å². The van der Waals surface area contributed by atoms with Crippen LogP contribution in [0.25, 0.3) is 0 Å². The van der Waals surface area contributed by atoms with Gasteiger partial charge in [-0.3, -0.25) is 0 Å². The van der Waals surface area contributed by atoms with Crippen LogP contribution in [0.15, 0.2) is 18.2 Å². The molecule has 0 spiro atoms. The normalized spacial score (nSPS) is 25.5. The Labute approximate surface area is 107 Å². The number of fused-ring (bicyclic) bond motifs is 2. The third-order valence-corrected chi connectivity index (χ3v) is 4.21. The summed E-state index contributed by atoms with van der Waals surface area (Å²) >= 11 is 0. The number of benzene rings is 1. The van der Waals surface area contributed by atoms with Gasteiger partial charge in [-0.2, -0.15) is 0 Å². The van der Waals surface area contributed by atoms with Gasteiger partial charge in [0.25, 0.3) is 0 Å². The first kappa shape index (κ1) is 11.4. The maximum Gasteiger partial charge on any atom is 0.340 e. The van der Waals surface area contributed by atoms with Crippen molar-refractivity contribution in [1.82, 2.24) is 0 Å². The Bertz CT molecular complexity index is 487. The molecule has 1 aliphatic carbocycles. The highest BCUT2D eigenvalue weighted by molar-refractivity contribution is 5.98. The zero-order valence-electron chi connectivity index (χ0n) is 10.6. The lowest BCUT2D eigenvalue weighted by Crippen LogP contribution is -2.32. The van der Waals surface area contributed by atoms with Crippen molar-refractivity contribution in [2.24, 2.45) is 5.92 Å². The molecule has 2 bridgehead atoms. The molecule has 4 nitrogen and oxygen atoms in total. The summed E-state index contributed by atoms with van der Waals surface area (Å²) in [6, 6.07) is 6.20. The van der Waals surface area contributed by atoms with Crippen LogP contribution in [0, 0.1) is 5.92 Å². The minimum atomic E-state index is -0.362. The van der Waals surface area contributed by atoms with Crippen molar-refractivity contribution in [2.45, 2.75) is 25.3 Å². The molecule has 3 rings (SSSR count). The highest BCUT2D eigenvalue weighted by atomic mass is 16.5. The average Bonchev–Trinajstić information content (AvgIpc) is 3.00. The number of nitrogens with two attached hydrogens (primary N) is 1. The second-order valence-corrected chi connectivity index (χ2v) is 5.22. The molecule has 1 aromatic carbocycles. The van der Waals surface area contributed by atoms with Gasteiger partial charge in [0.1, 0.15) is 0 Å². The summed E-state index contributed by atoms with van der Waals surface area (Å²) < 4.78 is 4.76. The number of rotatable bonds is 2. The molecule has 2 atom stereocenters. The Morgan fingerprint density at radius 3 is 2.89 bits per heavy atom. The first-order chi connectivity index (χ1) is 8.70. The topological polar surface area (TPSA) is 55.6 Å². The Hall–Kier alpha value is -1.71. The Balaban J connectivity index is 1.95. The molecule has 1 aromatic rings. The Kier molecular flexibility index (Phi) is 2.65. The highest BCUT2D eigenvalue weighted by Gasteiger charge is 2.38. The van der Waals surface area contributed by atoms with E-state index in [0.29, 0.717) is 17.3 Å². The number of carbonyl (C=O) groups excluding carboxylic acids is 1. The number of hydrogen-bond acceptors (Lipinski definition) is 4. The van der Waals surface area contributed by atoms with Gasteiger partial charge in [-0.1, -0.05) is 6.07 Å². The second kappa shape index (κ2) is 4.19. The summed E-state index contributed by atoms with van der Waals surface area (Å²) in [5.41, 5.74) is 8.14. The zero-order valence-corrected chi connectivity index (χ0v) is 10.6. The van der Waals surface area contributed by atoms with Crippen molar-refractivity contribution in [3.63, 3.8) is 0 Å². The number of carbonyl (C=O) groups is 1. The van der Waals surface area contributed by atoms with Gasteiger partial charge in [0.05, 0.1) is 24.0 Å². The molecule has 18 heavy (non-hydrogen) atoms. The molecule has 0 radical (unpaired) electrons. The van der Waals surface area contributed by atoms with Crippen molar-refractivity contribution >= 4 is 17.3 Å². The predicted octanol–water partition coefficient (Wildman–Crippen LogP) is 2.04. The number of nitrogen functional groups attached to an aromatic ring is 1. The van der Waals surface area contributed by atoms with E-state index in [0.717, 1.165) is 18.2 Å². The van der Waals surface area contributed by atoms with Crippen molar-refractivity contribution in [3.8, 4) is 0 Å². The molecule has 2 N–H and O–H groups in total. The fourth-order valence-electron chi connectivity index (χ4n) is 3.31. The molecule has 0 aromatic heterocycles. The molecule has 0 amide bonds. The van der Waals surface area contributed by atoms with Gasteiger partial charge in [0, 0.05) is 12.6 Å². The lowest BCUT2D eigenvalue weighted by molar-refractivity contribution is 0.0602. The largest absolute Gasteiger partial charge is 0.465 e. The van der Waals surface area contributed by atoms with Gasteiger partial charge >= 0.3 is 5.97 Å². The van der Waals surface area contributed by atoms with Crippen LogP contribution in [0.4, 0.5) is 11.4 Å². The lowest BCUT2D eigenvalue weighted by atomic mass is 10.1. The van der Waals surface area contributed by atoms with E-state index in [1.54, 1.807) is 6.07 Å². The van der Waals surface area contributed by atoms with Crippen molar-refractivity contribution in [3.05, 3.63) is 23.8 Å². The van der Waals surface area contributed by atoms with Crippen LogP contribution in [0.1, 0.15) is 29.6 Å². The number of piperidine rings is 1. The van der Waals surface area contributed by atoms with Crippen LogP contribution in [0.5, 0.6) is 0 Å². The van der Waals surface area contributed by atoms with E-state index in [1.165, 1.54) is 26.4 Å². The SMILES string of the molecule is COC(=O)c1cccc(N2CC3CCC2C3)c1N. The van der Waals surface area contributed by atoms with E-state index in [2.05, 4.69) is 4.90 Å². The number of anilines is 2. The molecular formula is C14H18N2O2. The number of para-hydroxylation sites is 1. The minimum absolute atomic E-state index is 0.362. The van der Waals surface area contributed by atoms with Gasteiger partial charge in [-0.25, -0.2) is 4.79 Å². The standard InChI is InChI=1S/C14H18N2O2/c1-18-14(17)11-3-2-4-12(13(11)15)16-8-9-5-6-10(16)7-9/h2-4,9-10H,5-8,15H2,1H3. The van der Waals surface area contributed by atoms with Crippen LogP contribution >= 0.6 is 0 Å². The first-order valence-corrected chi connectivity index (χ1v) is 6.44. The molecular weight excluding hydrogens is 228 g/mol. The lowest BCUT2D eigenvalue weighted by Gasteiger charge is -2.30. The number of hydrogen-bond donors (Lipinski definition) is 1. The van der Waals surface area contributed by atoms with E-state index < -0.39 is 0 Å². The molecule has 1 saturated carbocycles. The van der Waals surface area contributed by atoms with E-state index >= 15 is 0 Å². The van der Waals surface area contributed by atoms with Crippen molar-refractivity contribution in [2.75, 3.05) is 24.3 Å². The minimum Gasteiger partial charge on any atom is -0.465 e. The molecule has 96 valence electrons. The third-order valence-electron chi connectivity index (χ3n) is 4.21. The smallest absolute Gasteiger partial charge is 0.340 e. The summed E-state index contributed by atoms with van der Waals surface area (Å²) in [6.07, 6.45) is 3.84. The monoisotopic (exact) mass is 246 g/mol. The molecule has 1 aliphatic heterocycles. The summed E-state index contributed by atoms with van der Waals surface area (Å²) in [6.45, 7) is 1.07. The van der Waals surface area contributed by atoms with E-state index in [4.69, 9.17) is 10.5 Å². The molecule has 2 aliphatic rings. The fourth-order valence-corrected chi connectivity index (χ4v) is 3.31. The maximum absolute atomic E-state index is 11.6.